The van der Waals surface area contributed by atoms with Gasteiger partial charge >= 0.3 is 0 Å². The zero-order chi connectivity index (χ0) is 18.9. The van der Waals surface area contributed by atoms with Crippen molar-refractivity contribution in [3.63, 3.8) is 0 Å². The van der Waals surface area contributed by atoms with E-state index < -0.39 is 11.6 Å². The van der Waals surface area contributed by atoms with E-state index in [2.05, 4.69) is 29.5 Å². The topological polar surface area (TPSA) is 48.9 Å². The zero-order valence-electron chi connectivity index (χ0n) is 16.3. The average molecular weight is 496 g/mol. The summed E-state index contributed by atoms with van der Waals surface area (Å²) in [7, 11) is 1.73. The van der Waals surface area contributed by atoms with E-state index in [1.165, 1.54) is 12.1 Å². The summed E-state index contributed by atoms with van der Waals surface area (Å²) in [5.41, 5.74) is 0.445. The number of anilines is 1. The van der Waals surface area contributed by atoms with Crippen molar-refractivity contribution in [1.29, 1.82) is 0 Å². The lowest BCUT2D eigenvalue weighted by atomic mass is 10.2. The Balaban J connectivity index is 0.00000364. The van der Waals surface area contributed by atoms with Crippen LogP contribution in [0.2, 0.25) is 0 Å². The van der Waals surface area contributed by atoms with E-state index in [0.29, 0.717) is 18.2 Å². The summed E-state index contributed by atoms with van der Waals surface area (Å²) in [4.78, 5) is 6.17. The van der Waals surface area contributed by atoms with Gasteiger partial charge in [0.25, 0.3) is 0 Å². The van der Waals surface area contributed by atoms with Crippen LogP contribution in [0.3, 0.4) is 0 Å². The van der Waals surface area contributed by atoms with Crippen LogP contribution in [0.1, 0.15) is 26.7 Å². The SMILES string of the molecule is CN=C(NCCCOCC(C)C)NC1CCN(c2ccc(F)cc2F)C1.I. The summed E-state index contributed by atoms with van der Waals surface area (Å²) >= 11 is 0. The average Bonchev–Trinajstić information content (AvgIpc) is 3.04. The van der Waals surface area contributed by atoms with Crippen LogP contribution in [0.4, 0.5) is 14.5 Å². The van der Waals surface area contributed by atoms with Crippen LogP contribution in [0.15, 0.2) is 23.2 Å². The minimum Gasteiger partial charge on any atom is -0.381 e. The normalized spacial score (nSPS) is 17.2. The molecule has 27 heavy (non-hydrogen) atoms. The Hall–Kier alpha value is -1.16. The molecule has 1 aliphatic rings. The lowest BCUT2D eigenvalue weighted by molar-refractivity contribution is 0.108. The van der Waals surface area contributed by atoms with Crippen LogP contribution < -0.4 is 15.5 Å². The Bertz CT molecular complexity index is 601. The van der Waals surface area contributed by atoms with Crippen molar-refractivity contribution in [2.75, 3.05) is 44.8 Å². The van der Waals surface area contributed by atoms with Crippen molar-refractivity contribution in [1.82, 2.24) is 10.6 Å². The Labute approximate surface area is 178 Å². The van der Waals surface area contributed by atoms with E-state index >= 15 is 0 Å². The molecule has 0 amide bonds. The predicted molar refractivity (Wildman–Crippen MR) is 117 cm³/mol. The van der Waals surface area contributed by atoms with Gasteiger partial charge < -0.3 is 20.3 Å². The molecule has 0 radical (unpaired) electrons. The second-order valence-electron chi connectivity index (χ2n) is 6.99. The highest BCUT2D eigenvalue weighted by Gasteiger charge is 2.25. The first kappa shape index (κ1) is 23.9. The van der Waals surface area contributed by atoms with Crippen LogP contribution >= 0.6 is 24.0 Å². The molecule has 0 spiro atoms. The maximum absolute atomic E-state index is 13.9. The summed E-state index contributed by atoms with van der Waals surface area (Å²) in [6.45, 7) is 7.93. The number of benzene rings is 1. The van der Waals surface area contributed by atoms with Crippen LogP contribution in [0.25, 0.3) is 0 Å². The molecule has 1 heterocycles. The molecule has 0 aromatic heterocycles. The van der Waals surface area contributed by atoms with Gasteiger partial charge in [-0.05, 0) is 30.9 Å². The number of ether oxygens (including phenoxy) is 1. The van der Waals surface area contributed by atoms with Gasteiger partial charge in [0.15, 0.2) is 5.96 Å². The third-order valence-electron chi connectivity index (χ3n) is 4.21. The quantitative estimate of drug-likeness (QED) is 0.251. The van der Waals surface area contributed by atoms with E-state index in [4.69, 9.17) is 4.74 Å². The summed E-state index contributed by atoms with van der Waals surface area (Å²) in [5.74, 6) is 0.214. The molecular formula is C19H31F2IN4O. The minimum absolute atomic E-state index is 0. The highest BCUT2D eigenvalue weighted by molar-refractivity contribution is 14.0. The molecule has 1 unspecified atom stereocenters. The molecule has 0 saturated carbocycles. The van der Waals surface area contributed by atoms with Gasteiger partial charge in [-0.2, -0.15) is 0 Å². The van der Waals surface area contributed by atoms with Gasteiger partial charge in [0, 0.05) is 52.0 Å². The van der Waals surface area contributed by atoms with Gasteiger partial charge in [-0.25, -0.2) is 8.78 Å². The third kappa shape index (κ3) is 8.16. The van der Waals surface area contributed by atoms with E-state index in [1.54, 1.807) is 7.05 Å². The molecule has 8 heteroatoms. The van der Waals surface area contributed by atoms with Crippen molar-refractivity contribution >= 4 is 35.6 Å². The van der Waals surface area contributed by atoms with Crippen molar-refractivity contribution in [2.24, 2.45) is 10.9 Å². The number of halogens is 3. The molecule has 1 atom stereocenters. The van der Waals surface area contributed by atoms with Crippen LogP contribution in [-0.2, 0) is 4.74 Å². The zero-order valence-corrected chi connectivity index (χ0v) is 18.6. The Kier molecular flexibility index (Phi) is 10.9. The number of hydrogen-bond acceptors (Lipinski definition) is 3. The number of hydrogen-bond donors (Lipinski definition) is 2. The van der Waals surface area contributed by atoms with Crippen molar-refractivity contribution in [3.05, 3.63) is 29.8 Å². The van der Waals surface area contributed by atoms with Crippen LogP contribution in [0.5, 0.6) is 0 Å². The molecule has 5 nitrogen and oxygen atoms in total. The predicted octanol–water partition coefficient (Wildman–Crippen LogP) is 3.39. The Morgan fingerprint density at radius 3 is 2.81 bits per heavy atom. The van der Waals surface area contributed by atoms with E-state index in [0.717, 1.165) is 51.2 Å². The molecule has 2 N–H and O–H groups in total. The lowest BCUT2D eigenvalue weighted by Gasteiger charge is -2.21. The molecule has 154 valence electrons. The lowest BCUT2D eigenvalue weighted by Crippen LogP contribution is -2.45. The van der Waals surface area contributed by atoms with Gasteiger partial charge in [0.05, 0.1) is 5.69 Å². The van der Waals surface area contributed by atoms with Crippen molar-refractivity contribution < 1.29 is 13.5 Å². The second kappa shape index (κ2) is 12.3. The maximum Gasteiger partial charge on any atom is 0.191 e. The molecule has 1 aliphatic heterocycles. The van der Waals surface area contributed by atoms with Crippen LogP contribution in [0, 0.1) is 17.6 Å². The maximum atomic E-state index is 13.9. The number of rotatable bonds is 8. The standard InChI is InChI=1S/C19H30F2N4O.HI/c1-14(2)13-26-10-4-8-23-19(22-3)24-16-7-9-25(12-16)18-6-5-15(20)11-17(18)21;/h5-6,11,14,16H,4,7-10,12-13H2,1-3H3,(H2,22,23,24);1H. The number of aliphatic imine (C=N–C) groups is 1. The van der Waals surface area contributed by atoms with Gasteiger partial charge in [-0.3, -0.25) is 4.99 Å². The van der Waals surface area contributed by atoms with Crippen LogP contribution in [-0.4, -0.2) is 51.9 Å². The van der Waals surface area contributed by atoms with E-state index in [9.17, 15) is 8.78 Å². The van der Waals surface area contributed by atoms with Gasteiger partial charge in [-0.1, -0.05) is 13.8 Å². The smallest absolute Gasteiger partial charge is 0.191 e. The molecule has 1 aromatic rings. The molecular weight excluding hydrogens is 465 g/mol. The molecule has 0 bridgehead atoms. The van der Waals surface area contributed by atoms with Gasteiger partial charge in [-0.15, -0.1) is 24.0 Å². The first-order valence-electron chi connectivity index (χ1n) is 9.24. The first-order valence-corrected chi connectivity index (χ1v) is 9.24. The highest BCUT2D eigenvalue weighted by Crippen LogP contribution is 2.24. The van der Waals surface area contributed by atoms with Crippen molar-refractivity contribution in [3.8, 4) is 0 Å². The summed E-state index contributed by atoms with van der Waals surface area (Å²) in [6.07, 6.45) is 1.78. The largest absolute Gasteiger partial charge is 0.381 e. The molecule has 1 saturated heterocycles. The fourth-order valence-electron chi connectivity index (χ4n) is 2.92. The Morgan fingerprint density at radius 1 is 1.37 bits per heavy atom. The summed E-state index contributed by atoms with van der Waals surface area (Å²) in [6, 6.07) is 3.89. The number of nitrogens with zero attached hydrogens (tertiary/aromatic N) is 2. The number of guanidine groups is 1. The molecule has 1 aromatic carbocycles. The number of nitrogens with one attached hydrogen (secondary N) is 2. The van der Waals surface area contributed by atoms with E-state index in [-0.39, 0.29) is 30.0 Å². The summed E-state index contributed by atoms with van der Waals surface area (Å²) < 4.78 is 32.5. The molecule has 0 aliphatic carbocycles. The molecule has 1 fully saturated rings. The highest BCUT2D eigenvalue weighted by atomic mass is 127. The van der Waals surface area contributed by atoms with E-state index in [1.807, 2.05) is 4.90 Å². The fraction of sp³-hybridized carbons (Fsp3) is 0.632. The first-order chi connectivity index (χ1) is 12.5. The van der Waals surface area contributed by atoms with Gasteiger partial charge in [0.1, 0.15) is 11.6 Å². The Morgan fingerprint density at radius 2 is 2.15 bits per heavy atom. The second-order valence-corrected chi connectivity index (χ2v) is 6.99. The monoisotopic (exact) mass is 496 g/mol. The van der Waals surface area contributed by atoms with Gasteiger partial charge in [0.2, 0.25) is 0 Å². The van der Waals surface area contributed by atoms with Crippen molar-refractivity contribution in [2.45, 2.75) is 32.7 Å². The minimum atomic E-state index is -0.554. The molecule has 2 rings (SSSR count). The third-order valence-corrected chi connectivity index (χ3v) is 4.21. The summed E-state index contributed by atoms with van der Waals surface area (Å²) in [5, 5.41) is 6.64. The fourth-order valence-corrected chi connectivity index (χ4v) is 2.92.